The number of nitrogens with zero attached hydrogens (tertiary/aromatic N) is 1. The van der Waals surface area contributed by atoms with E-state index < -0.39 is 11.5 Å². The first kappa shape index (κ1) is 17.8. The largest absolute Gasteiger partial charge is 0.457 e. The van der Waals surface area contributed by atoms with Crippen LogP contribution in [-0.2, 0) is 0 Å². The number of hydrogen-bond donors (Lipinski definition) is 1. The van der Waals surface area contributed by atoms with Crippen molar-refractivity contribution in [2.75, 3.05) is 0 Å². The van der Waals surface area contributed by atoms with E-state index in [9.17, 15) is 5.11 Å². The minimum absolute atomic E-state index is 0.385. The minimum atomic E-state index is -0.811. The third-order valence-electron chi connectivity index (χ3n) is 3.20. The van der Waals surface area contributed by atoms with Gasteiger partial charge in [0, 0.05) is 17.4 Å². The molecule has 0 aliphatic carbocycles. The summed E-state index contributed by atoms with van der Waals surface area (Å²) in [4.78, 5) is 4.07. The number of aliphatic hydroxyl groups excluding tert-OH is 1. The monoisotopic (exact) mass is 351 g/mol. The van der Waals surface area contributed by atoms with Gasteiger partial charge in [-0.15, -0.1) is 0 Å². The highest BCUT2D eigenvalue weighted by Crippen LogP contribution is 2.33. The van der Waals surface area contributed by atoms with Crippen LogP contribution in [0.2, 0.25) is 10.0 Å². The van der Waals surface area contributed by atoms with Crippen molar-refractivity contribution < 1.29 is 9.84 Å². The lowest BCUT2D eigenvalue weighted by Crippen LogP contribution is -2.30. The summed E-state index contributed by atoms with van der Waals surface area (Å²) in [6.45, 7) is 5.80. The zero-order valence-electron chi connectivity index (χ0n) is 13.3. The SMILES string of the molecule is CC(C)(C)C(O)/C(=C\c1cccnc1)Oc1ccc(Cl)cc1Cl. The topological polar surface area (TPSA) is 42.4 Å². The molecule has 3 nitrogen and oxygen atoms in total. The fourth-order valence-corrected chi connectivity index (χ4v) is 2.35. The van der Waals surface area contributed by atoms with Gasteiger partial charge in [-0.25, -0.2) is 0 Å². The van der Waals surface area contributed by atoms with Crippen molar-refractivity contribution in [3.05, 3.63) is 64.1 Å². The number of benzene rings is 1. The zero-order valence-corrected chi connectivity index (χ0v) is 14.8. The van der Waals surface area contributed by atoms with E-state index in [1.54, 1.807) is 36.7 Å². The van der Waals surface area contributed by atoms with Crippen molar-refractivity contribution in [1.82, 2.24) is 4.98 Å². The summed E-state index contributed by atoms with van der Waals surface area (Å²) in [5, 5.41) is 11.5. The highest BCUT2D eigenvalue weighted by Gasteiger charge is 2.28. The van der Waals surface area contributed by atoms with Gasteiger partial charge >= 0.3 is 0 Å². The molecular weight excluding hydrogens is 333 g/mol. The Bertz CT molecular complexity index is 694. The molecule has 0 bridgehead atoms. The minimum Gasteiger partial charge on any atom is -0.457 e. The first-order chi connectivity index (χ1) is 10.8. The molecule has 0 aliphatic heterocycles. The Labute approximate surface area is 146 Å². The van der Waals surface area contributed by atoms with E-state index in [0.717, 1.165) is 5.56 Å². The molecule has 1 heterocycles. The van der Waals surface area contributed by atoms with Gasteiger partial charge in [0.05, 0.1) is 5.02 Å². The number of ether oxygens (including phenoxy) is 1. The average molecular weight is 352 g/mol. The second-order valence-corrected chi connectivity index (χ2v) is 7.12. The molecule has 0 aliphatic rings. The lowest BCUT2D eigenvalue weighted by atomic mass is 9.87. The smallest absolute Gasteiger partial charge is 0.145 e. The molecule has 1 aromatic heterocycles. The van der Waals surface area contributed by atoms with Gasteiger partial charge in [0.1, 0.15) is 17.6 Å². The van der Waals surface area contributed by atoms with Crippen molar-refractivity contribution in [3.8, 4) is 5.75 Å². The maximum absolute atomic E-state index is 10.6. The number of hydrogen-bond acceptors (Lipinski definition) is 3. The van der Waals surface area contributed by atoms with Crippen LogP contribution in [0.25, 0.3) is 6.08 Å². The van der Waals surface area contributed by atoms with Gasteiger partial charge in [-0.3, -0.25) is 4.98 Å². The van der Waals surface area contributed by atoms with E-state index in [1.807, 2.05) is 32.9 Å². The van der Waals surface area contributed by atoms with Crippen LogP contribution in [0.15, 0.2) is 48.5 Å². The van der Waals surface area contributed by atoms with Gasteiger partial charge in [-0.05, 0) is 41.3 Å². The Balaban J connectivity index is 2.39. The summed E-state index contributed by atoms with van der Waals surface area (Å²) in [5.74, 6) is 0.837. The standard InChI is InChI=1S/C18H19Cl2NO2/c1-18(2,3)17(22)16(9-12-5-4-8-21-11-12)23-15-7-6-13(19)10-14(15)20/h4-11,17,22H,1-3H3/b16-9+. The predicted molar refractivity (Wildman–Crippen MR) is 94.8 cm³/mol. The second-order valence-electron chi connectivity index (χ2n) is 6.28. The third-order valence-corrected chi connectivity index (χ3v) is 3.74. The summed E-state index contributed by atoms with van der Waals surface area (Å²) >= 11 is 12.1. The quantitative estimate of drug-likeness (QED) is 0.768. The maximum atomic E-state index is 10.6. The van der Waals surface area contributed by atoms with Crippen molar-refractivity contribution in [1.29, 1.82) is 0 Å². The van der Waals surface area contributed by atoms with E-state index in [4.69, 9.17) is 27.9 Å². The molecule has 0 fully saturated rings. The Morgan fingerprint density at radius 3 is 2.57 bits per heavy atom. The average Bonchev–Trinajstić information content (AvgIpc) is 2.48. The molecular formula is C18H19Cl2NO2. The van der Waals surface area contributed by atoms with Crippen LogP contribution < -0.4 is 4.74 Å². The molecule has 1 atom stereocenters. The molecule has 0 saturated heterocycles. The number of rotatable bonds is 4. The van der Waals surface area contributed by atoms with Crippen molar-refractivity contribution in [2.24, 2.45) is 5.41 Å². The first-order valence-corrected chi connectivity index (χ1v) is 7.95. The van der Waals surface area contributed by atoms with Crippen LogP contribution in [0.5, 0.6) is 5.75 Å². The van der Waals surface area contributed by atoms with E-state index in [0.29, 0.717) is 21.6 Å². The fraction of sp³-hybridized carbons (Fsp3) is 0.278. The predicted octanol–water partition coefficient (Wildman–Crippen LogP) is 5.22. The van der Waals surface area contributed by atoms with Crippen LogP contribution >= 0.6 is 23.2 Å². The highest BCUT2D eigenvalue weighted by atomic mass is 35.5. The van der Waals surface area contributed by atoms with Crippen molar-refractivity contribution >= 4 is 29.3 Å². The molecule has 0 saturated carbocycles. The second kappa shape index (κ2) is 7.35. The number of aliphatic hydroxyl groups is 1. The Kier molecular flexibility index (Phi) is 5.69. The summed E-state index contributed by atoms with van der Waals surface area (Å²) in [7, 11) is 0. The number of aromatic nitrogens is 1. The Morgan fingerprint density at radius 2 is 2.00 bits per heavy atom. The molecule has 23 heavy (non-hydrogen) atoms. The van der Waals surface area contributed by atoms with E-state index >= 15 is 0 Å². The van der Waals surface area contributed by atoms with E-state index in [1.165, 1.54) is 0 Å². The summed E-state index contributed by atoms with van der Waals surface area (Å²) in [6.07, 6.45) is 4.33. The first-order valence-electron chi connectivity index (χ1n) is 7.20. The van der Waals surface area contributed by atoms with Gasteiger partial charge in [0.2, 0.25) is 0 Å². The molecule has 0 amide bonds. The van der Waals surface area contributed by atoms with Gasteiger partial charge in [0.25, 0.3) is 0 Å². The molecule has 1 unspecified atom stereocenters. The molecule has 2 aromatic rings. The maximum Gasteiger partial charge on any atom is 0.145 e. The van der Waals surface area contributed by atoms with Crippen LogP contribution in [0.4, 0.5) is 0 Å². The fourth-order valence-electron chi connectivity index (χ4n) is 1.90. The molecule has 0 spiro atoms. The summed E-state index contributed by atoms with van der Waals surface area (Å²) < 4.78 is 5.89. The molecule has 122 valence electrons. The number of halogens is 2. The molecule has 2 rings (SSSR count). The van der Waals surface area contributed by atoms with Crippen LogP contribution in [0, 0.1) is 5.41 Å². The highest BCUT2D eigenvalue weighted by molar-refractivity contribution is 6.35. The van der Waals surface area contributed by atoms with Gasteiger partial charge < -0.3 is 9.84 Å². The lowest BCUT2D eigenvalue weighted by Gasteiger charge is -2.28. The zero-order chi connectivity index (χ0) is 17.0. The van der Waals surface area contributed by atoms with Gasteiger partial charge in [-0.1, -0.05) is 50.0 Å². The van der Waals surface area contributed by atoms with Crippen molar-refractivity contribution in [2.45, 2.75) is 26.9 Å². The molecule has 0 radical (unpaired) electrons. The Hall–Kier alpha value is -1.55. The molecule has 1 aromatic carbocycles. The van der Waals surface area contributed by atoms with Gasteiger partial charge in [0.15, 0.2) is 0 Å². The summed E-state index contributed by atoms with van der Waals surface area (Å²) in [6, 6.07) is 8.67. The van der Waals surface area contributed by atoms with Crippen molar-refractivity contribution in [3.63, 3.8) is 0 Å². The summed E-state index contributed by atoms with van der Waals surface area (Å²) in [5.41, 5.74) is 0.434. The van der Waals surface area contributed by atoms with Crippen LogP contribution in [-0.4, -0.2) is 16.2 Å². The molecule has 5 heteroatoms. The van der Waals surface area contributed by atoms with Crippen LogP contribution in [0.3, 0.4) is 0 Å². The van der Waals surface area contributed by atoms with E-state index in [2.05, 4.69) is 4.98 Å². The van der Waals surface area contributed by atoms with Gasteiger partial charge in [-0.2, -0.15) is 0 Å². The van der Waals surface area contributed by atoms with E-state index in [-0.39, 0.29) is 0 Å². The normalized spacial score (nSPS) is 13.7. The number of pyridine rings is 1. The third kappa shape index (κ3) is 4.96. The van der Waals surface area contributed by atoms with Crippen LogP contribution in [0.1, 0.15) is 26.3 Å². The Morgan fingerprint density at radius 1 is 1.26 bits per heavy atom. The lowest BCUT2D eigenvalue weighted by molar-refractivity contribution is 0.0641. The molecule has 1 N–H and O–H groups in total.